The normalized spacial score (nSPS) is 30.9. The fraction of sp³-hybridized carbons (Fsp3) is 0.857. The van der Waals surface area contributed by atoms with Crippen molar-refractivity contribution in [2.75, 3.05) is 6.54 Å². The number of carbonyl (C=O) groups excluding carboxylic acids is 3. The van der Waals surface area contributed by atoms with Crippen LogP contribution in [0.1, 0.15) is 53.9 Å². The summed E-state index contributed by atoms with van der Waals surface area (Å²) in [5, 5.41) is 13.1. The highest BCUT2D eigenvalue weighted by atomic mass is 16.3. The van der Waals surface area contributed by atoms with Gasteiger partial charge >= 0.3 is 0 Å². The Labute approximate surface area is 172 Å². The quantitative estimate of drug-likeness (QED) is 0.469. The van der Waals surface area contributed by atoms with Crippen LogP contribution in [0.4, 0.5) is 0 Å². The highest BCUT2D eigenvalue weighted by molar-refractivity contribution is 5.92. The molecule has 1 saturated heterocycles. The fourth-order valence-electron chi connectivity index (χ4n) is 4.81. The van der Waals surface area contributed by atoms with Crippen molar-refractivity contribution < 1.29 is 19.5 Å². The first-order valence-electron chi connectivity index (χ1n) is 10.6. The number of hydrogen-bond donors (Lipinski definition) is 4. The zero-order valence-electron chi connectivity index (χ0n) is 18.1. The van der Waals surface area contributed by atoms with Crippen LogP contribution in [0.3, 0.4) is 0 Å². The van der Waals surface area contributed by atoms with Gasteiger partial charge in [-0.05, 0) is 35.0 Å². The molecule has 2 unspecified atom stereocenters. The van der Waals surface area contributed by atoms with Crippen LogP contribution in [-0.4, -0.2) is 58.5 Å². The van der Waals surface area contributed by atoms with Crippen molar-refractivity contribution >= 4 is 17.7 Å². The average Bonchev–Trinajstić information content (AvgIpc) is 3.45. The molecule has 0 spiro atoms. The lowest BCUT2D eigenvalue weighted by atomic mass is 9.86. The van der Waals surface area contributed by atoms with E-state index in [-0.39, 0.29) is 29.1 Å². The predicted octanol–water partition coefficient (Wildman–Crippen LogP) is -0.0261. The monoisotopic (exact) mass is 408 g/mol. The minimum atomic E-state index is -1.44. The Hall–Kier alpha value is -1.67. The maximum absolute atomic E-state index is 13.3. The molecule has 6 atom stereocenters. The number of nitrogens with zero attached hydrogens (tertiary/aromatic N) is 1. The molecular formula is C21H36N4O4. The predicted molar refractivity (Wildman–Crippen MR) is 108 cm³/mol. The smallest absolute Gasteiger partial charge is 0.248 e. The van der Waals surface area contributed by atoms with E-state index in [2.05, 4.69) is 19.2 Å². The van der Waals surface area contributed by atoms with E-state index in [1.54, 1.807) is 4.90 Å². The van der Waals surface area contributed by atoms with E-state index in [9.17, 15) is 19.5 Å². The number of nitrogens with one attached hydrogen (secondary N) is 1. The maximum Gasteiger partial charge on any atom is 0.248 e. The van der Waals surface area contributed by atoms with Gasteiger partial charge in [0, 0.05) is 6.54 Å². The summed E-state index contributed by atoms with van der Waals surface area (Å²) in [6, 6.07) is -2.09. The summed E-state index contributed by atoms with van der Waals surface area (Å²) in [4.78, 5) is 39.5. The Balaban J connectivity index is 1.79. The molecule has 3 aliphatic rings. The van der Waals surface area contributed by atoms with Gasteiger partial charge in [0.25, 0.3) is 0 Å². The number of nitrogens with two attached hydrogens (primary N) is 2. The van der Waals surface area contributed by atoms with Gasteiger partial charge in [-0.25, -0.2) is 0 Å². The number of likely N-dealkylation sites (tertiary alicyclic amines) is 1. The zero-order chi connectivity index (χ0) is 21.9. The molecule has 2 saturated carbocycles. The van der Waals surface area contributed by atoms with Crippen LogP contribution in [0, 0.1) is 28.6 Å². The SMILES string of the molecule is CC(C)(C)[C@H](N)C(=O)N1C[C@H]2[C@@H]([C@H]1C(=O)NC(CC1CC1)C(O)C(N)=O)C2(C)C. The summed E-state index contributed by atoms with van der Waals surface area (Å²) in [5.74, 6) is -0.730. The summed E-state index contributed by atoms with van der Waals surface area (Å²) in [6.45, 7) is 10.4. The average molecular weight is 409 g/mol. The number of fused-ring (bicyclic) bond motifs is 1. The highest BCUT2D eigenvalue weighted by Crippen LogP contribution is 2.65. The molecule has 2 aliphatic carbocycles. The van der Waals surface area contributed by atoms with Gasteiger partial charge < -0.3 is 26.8 Å². The molecule has 0 aromatic rings. The zero-order valence-corrected chi connectivity index (χ0v) is 18.1. The number of piperidine rings is 1. The minimum Gasteiger partial charge on any atom is -0.381 e. The third-order valence-electron chi connectivity index (χ3n) is 7.24. The first-order valence-corrected chi connectivity index (χ1v) is 10.6. The van der Waals surface area contributed by atoms with Gasteiger partial charge in [-0.2, -0.15) is 0 Å². The van der Waals surface area contributed by atoms with E-state index in [1.807, 2.05) is 20.8 Å². The molecule has 0 bridgehead atoms. The molecule has 8 heteroatoms. The number of aliphatic hydroxyl groups excluding tert-OH is 1. The van der Waals surface area contributed by atoms with Gasteiger partial charge in [-0.1, -0.05) is 47.5 Å². The lowest BCUT2D eigenvalue weighted by Gasteiger charge is -2.36. The molecule has 164 valence electrons. The van der Waals surface area contributed by atoms with Crippen molar-refractivity contribution in [1.82, 2.24) is 10.2 Å². The lowest BCUT2D eigenvalue weighted by molar-refractivity contribution is -0.144. The van der Waals surface area contributed by atoms with Crippen LogP contribution >= 0.6 is 0 Å². The second kappa shape index (κ2) is 7.23. The van der Waals surface area contributed by atoms with E-state index >= 15 is 0 Å². The molecule has 3 fully saturated rings. The van der Waals surface area contributed by atoms with Gasteiger partial charge in [0.1, 0.15) is 6.04 Å². The molecule has 8 nitrogen and oxygen atoms in total. The molecule has 6 N–H and O–H groups in total. The van der Waals surface area contributed by atoms with Gasteiger partial charge in [-0.3, -0.25) is 14.4 Å². The molecule has 29 heavy (non-hydrogen) atoms. The standard InChI is InChI=1S/C21H36N4O4/c1-20(2,3)16(22)19(29)25-9-11-13(21(11,4)5)14(25)18(28)24-12(8-10-6-7-10)15(26)17(23)27/h10-16,26H,6-9,22H2,1-5H3,(H2,23,27)(H,24,28)/t11-,12?,13-,14-,15?,16+/m0/s1. The molecule has 0 radical (unpaired) electrons. The first kappa shape index (κ1) is 22.0. The molecule has 0 aromatic heterocycles. The Morgan fingerprint density at radius 3 is 2.31 bits per heavy atom. The number of rotatable bonds is 7. The lowest BCUT2D eigenvalue weighted by Crippen LogP contribution is -2.59. The van der Waals surface area contributed by atoms with Crippen molar-refractivity contribution in [2.45, 2.75) is 78.1 Å². The highest BCUT2D eigenvalue weighted by Gasteiger charge is 2.69. The third-order valence-corrected chi connectivity index (χ3v) is 7.24. The van der Waals surface area contributed by atoms with E-state index in [1.165, 1.54) is 0 Å². The van der Waals surface area contributed by atoms with Crippen molar-refractivity contribution in [2.24, 2.45) is 40.1 Å². The van der Waals surface area contributed by atoms with Crippen LogP contribution in [0.5, 0.6) is 0 Å². The van der Waals surface area contributed by atoms with E-state index in [4.69, 9.17) is 11.5 Å². The summed E-state index contributed by atoms with van der Waals surface area (Å²) in [5.41, 5.74) is 11.0. The van der Waals surface area contributed by atoms with E-state index in [0.717, 1.165) is 12.8 Å². The van der Waals surface area contributed by atoms with Gasteiger partial charge in [0.15, 0.2) is 6.10 Å². The van der Waals surface area contributed by atoms with Crippen molar-refractivity contribution in [3.63, 3.8) is 0 Å². The van der Waals surface area contributed by atoms with E-state index < -0.39 is 35.6 Å². The first-order chi connectivity index (χ1) is 13.3. The summed E-state index contributed by atoms with van der Waals surface area (Å²) < 4.78 is 0. The second-order valence-electron chi connectivity index (χ2n) is 10.9. The number of carbonyl (C=O) groups is 3. The van der Waals surface area contributed by atoms with Crippen LogP contribution < -0.4 is 16.8 Å². The topological polar surface area (TPSA) is 139 Å². The van der Waals surface area contributed by atoms with Crippen molar-refractivity contribution in [3.8, 4) is 0 Å². The molecule has 0 aromatic carbocycles. The fourth-order valence-corrected chi connectivity index (χ4v) is 4.81. The van der Waals surface area contributed by atoms with Gasteiger partial charge in [0.05, 0.1) is 12.1 Å². The molecular weight excluding hydrogens is 372 g/mol. The Bertz CT molecular complexity index is 697. The molecule has 1 aliphatic heterocycles. The number of amides is 3. The van der Waals surface area contributed by atoms with Crippen LogP contribution in [0.2, 0.25) is 0 Å². The third kappa shape index (κ3) is 4.14. The van der Waals surface area contributed by atoms with Gasteiger partial charge in [0.2, 0.25) is 17.7 Å². The summed E-state index contributed by atoms with van der Waals surface area (Å²) in [7, 11) is 0. The Morgan fingerprint density at radius 1 is 1.24 bits per heavy atom. The summed E-state index contributed by atoms with van der Waals surface area (Å²) in [6.07, 6.45) is 1.11. The summed E-state index contributed by atoms with van der Waals surface area (Å²) >= 11 is 0. The maximum atomic E-state index is 13.3. The molecule has 3 amide bonds. The Morgan fingerprint density at radius 2 is 1.83 bits per heavy atom. The van der Waals surface area contributed by atoms with Crippen molar-refractivity contribution in [3.05, 3.63) is 0 Å². The number of primary amides is 1. The van der Waals surface area contributed by atoms with Crippen LogP contribution in [0.25, 0.3) is 0 Å². The van der Waals surface area contributed by atoms with Crippen LogP contribution in [-0.2, 0) is 14.4 Å². The number of hydrogen-bond acceptors (Lipinski definition) is 5. The van der Waals surface area contributed by atoms with E-state index in [0.29, 0.717) is 18.9 Å². The number of aliphatic hydroxyl groups is 1. The molecule has 3 rings (SSSR count). The second-order valence-corrected chi connectivity index (χ2v) is 10.9. The molecule has 1 heterocycles. The Kier molecular flexibility index (Phi) is 5.49. The largest absolute Gasteiger partial charge is 0.381 e. The van der Waals surface area contributed by atoms with Gasteiger partial charge in [-0.15, -0.1) is 0 Å². The van der Waals surface area contributed by atoms with Crippen molar-refractivity contribution in [1.29, 1.82) is 0 Å². The minimum absolute atomic E-state index is 0.0289. The van der Waals surface area contributed by atoms with Crippen LogP contribution in [0.15, 0.2) is 0 Å².